The summed E-state index contributed by atoms with van der Waals surface area (Å²) in [5, 5.41) is 19.9. The fourth-order valence-electron chi connectivity index (χ4n) is 9.83. The lowest BCUT2D eigenvalue weighted by Gasteiger charge is -2.62. The second-order valence-electron chi connectivity index (χ2n) is 12.9. The molecule has 4 aliphatic carbocycles. The van der Waals surface area contributed by atoms with E-state index in [2.05, 4.69) is 37.9 Å². The minimum absolute atomic E-state index is 0.375. The smallest absolute Gasteiger partial charge is 0.296 e. The van der Waals surface area contributed by atoms with Gasteiger partial charge in [-0.2, -0.15) is 0 Å². The van der Waals surface area contributed by atoms with Crippen molar-refractivity contribution in [2.75, 3.05) is 0 Å². The van der Waals surface area contributed by atoms with Crippen LogP contribution in [0.25, 0.3) is 0 Å². The molecule has 0 radical (unpaired) electrons. The van der Waals surface area contributed by atoms with E-state index in [-0.39, 0.29) is 5.60 Å². The number of aromatic nitrogens is 4. The molecule has 0 spiro atoms. The van der Waals surface area contributed by atoms with E-state index in [0.29, 0.717) is 16.7 Å². The normalized spacial score (nSPS) is 46.9. The van der Waals surface area contributed by atoms with Crippen molar-refractivity contribution in [3.8, 4) is 0 Å². The summed E-state index contributed by atoms with van der Waals surface area (Å²) in [6.07, 6.45) is 15.5. The lowest BCUT2D eigenvalue weighted by Crippen LogP contribution is -2.56. The van der Waals surface area contributed by atoms with Gasteiger partial charge >= 0.3 is 0 Å². The Morgan fingerprint density at radius 2 is 1.84 bits per heavy atom. The predicted molar refractivity (Wildman–Crippen MR) is 125 cm³/mol. The highest BCUT2D eigenvalue weighted by Gasteiger charge is 2.61. The van der Waals surface area contributed by atoms with Gasteiger partial charge in [0.25, 0.3) is 6.33 Å². The van der Waals surface area contributed by atoms with Gasteiger partial charge in [-0.05, 0) is 120 Å². The molecular formula is C27H47N4O+. The molecule has 9 atom stereocenters. The van der Waals surface area contributed by atoms with E-state index in [1.165, 1.54) is 44.9 Å². The molecule has 5 heteroatoms. The predicted octanol–water partition coefficient (Wildman–Crippen LogP) is 4.93. The summed E-state index contributed by atoms with van der Waals surface area (Å²) in [7, 11) is 2.00. The van der Waals surface area contributed by atoms with Crippen LogP contribution in [0.3, 0.4) is 0 Å². The number of fused-ring (bicyclic) bond motifs is 5. The second kappa shape index (κ2) is 8.06. The van der Waals surface area contributed by atoms with Gasteiger partial charge < -0.3 is 5.11 Å². The minimum atomic E-state index is -0.375. The fourth-order valence-corrected chi connectivity index (χ4v) is 9.83. The highest BCUT2D eigenvalue weighted by Crippen LogP contribution is 2.68. The maximum absolute atomic E-state index is 11.2. The molecule has 32 heavy (non-hydrogen) atoms. The molecule has 1 heterocycles. The zero-order valence-corrected chi connectivity index (χ0v) is 21.3. The van der Waals surface area contributed by atoms with Crippen LogP contribution in [-0.2, 0) is 13.6 Å². The summed E-state index contributed by atoms with van der Waals surface area (Å²) >= 11 is 0. The van der Waals surface area contributed by atoms with Gasteiger partial charge in [-0.1, -0.05) is 38.9 Å². The van der Waals surface area contributed by atoms with Crippen molar-refractivity contribution in [1.29, 1.82) is 0 Å². The number of hydrogen-bond acceptors (Lipinski definition) is 3. The molecule has 0 aromatic carbocycles. The molecule has 1 aromatic heterocycles. The number of hydrogen-bond donors (Lipinski definition) is 1. The summed E-state index contributed by atoms with van der Waals surface area (Å²) in [5.41, 5.74) is 0.573. The third-order valence-corrected chi connectivity index (χ3v) is 11.5. The number of aliphatic hydroxyl groups is 1. The van der Waals surface area contributed by atoms with E-state index in [0.717, 1.165) is 61.8 Å². The van der Waals surface area contributed by atoms with E-state index in [4.69, 9.17) is 0 Å². The average Bonchev–Trinajstić information content (AvgIpc) is 3.31. The Kier molecular flexibility index (Phi) is 5.74. The van der Waals surface area contributed by atoms with E-state index in [1.54, 1.807) is 6.33 Å². The first-order chi connectivity index (χ1) is 15.2. The lowest BCUT2D eigenvalue weighted by molar-refractivity contribution is -0.809. The number of rotatable bonds is 5. The third kappa shape index (κ3) is 3.47. The van der Waals surface area contributed by atoms with Gasteiger partial charge in [0.05, 0.1) is 10.7 Å². The zero-order chi connectivity index (χ0) is 22.7. The van der Waals surface area contributed by atoms with Crippen LogP contribution >= 0.6 is 0 Å². The van der Waals surface area contributed by atoms with Gasteiger partial charge in [0.2, 0.25) is 0 Å². The Bertz CT molecular complexity index is 824. The first-order valence-electron chi connectivity index (χ1n) is 13.7. The summed E-state index contributed by atoms with van der Waals surface area (Å²) in [6.45, 7) is 10.9. The third-order valence-electron chi connectivity index (χ3n) is 11.5. The van der Waals surface area contributed by atoms with Crippen molar-refractivity contribution in [2.24, 2.45) is 53.4 Å². The van der Waals surface area contributed by atoms with Gasteiger partial charge in [-0.15, -0.1) is 0 Å². The molecule has 4 saturated carbocycles. The van der Waals surface area contributed by atoms with Crippen LogP contribution in [0.5, 0.6) is 0 Å². The quantitative estimate of drug-likeness (QED) is 0.657. The molecule has 1 N–H and O–H groups in total. The largest absolute Gasteiger partial charge is 0.390 e. The highest BCUT2D eigenvalue weighted by atomic mass is 16.3. The molecule has 1 aromatic rings. The topological polar surface area (TPSA) is 54.8 Å². The minimum Gasteiger partial charge on any atom is -0.390 e. The Morgan fingerprint density at radius 3 is 2.56 bits per heavy atom. The van der Waals surface area contributed by atoms with Crippen molar-refractivity contribution in [1.82, 2.24) is 15.0 Å². The maximum atomic E-state index is 11.2. The average molecular weight is 444 g/mol. The van der Waals surface area contributed by atoms with Gasteiger partial charge in [0.15, 0.2) is 0 Å². The van der Waals surface area contributed by atoms with E-state index in [9.17, 15) is 5.11 Å². The van der Waals surface area contributed by atoms with Crippen molar-refractivity contribution in [3.05, 3.63) is 6.33 Å². The van der Waals surface area contributed by atoms with Crippen LogP contribution < -0.4 is 4.80 Å². The Labute approximate surface area is 195 Å². The molecule has 5 rings (SSSR count). The molecular weight excluding hydrogens is 396 g/mol. The van der Waals surface area contributed by atoms with Crippen molar-refractivity contribution < 1.29 is 9.90 Å². The Hall–Kier alpha value is -0.970. The summed E-state index contributed by atoms with van der Waals surface area (Å²) in [4.78, 5) is 3.92. The fraction of sp³-hybridized carbons (Fsp3) is 0.963. The van der Waals surface area contributed by atoms with Crippen molar-refractivity contribution >= 4 is 0 Å². The molecule has 0 aliphatic heterocycles. The van der Waals surface area contributed by atoms with Crippen LogP contribution in [0, 0.1) is 46.3 Å². The molecule has 4 aliphatic rings. The van der Waals surface area contributed by atoms with Crippen molar-refractivity contribution in [3.63, 3.8) is 0 Å². The number of tetrazole rings is 1. The van der Waals surface area contributed by atoms with Crippen LogP contribution in [-0.4, -0.2) is 25.7 Å². The first kappa shape index (κ1) is 22.8. The van der Waals surface area contributed by atoms with Gasteiger partial charge in [0.1, 0.15) is 13.6 Å². The summed E-state index contributed by atoms with van der Waals surface area (Å²) < 4.78 is 0. The van der Waals surface area contributed by atoms with Crippen LogP contribution in [0.15, 0.2) is 6.33 Å². The number of aryl methyl sites for hydroxylation is 1. The zero-order valence-electron chi connectivity index (χ0n) is 21.3. The molecule has 5 nitrogen and oxygen atoms in total. The molecule has 0 saturated heterocycles. The summed E-state index contributed by atoms with van der Waals surface area (Å²) in [6, 6.07) is 0. The van der Waals surface area contributed by atoms with Gasteiger partial charge in [-0.25, -0.2) is 0 Å². The van der Waals surface area contributed by atoms with Crippen LogP contribution in [0.1, 0.15) is 98.3 Å². The standard InChI is InChI=1S/C27H47N4O/c1-6-12-27(32)15-14-25(3)20(16-27)7-8-21-23-10-9-22(26(23,4)13-11-24(21)25)19(2)17-31-29-18-28-30(31)5/h18-24,32H,6-17H2,1-5H3/q+1/t19?,20-,21+,22-,23+,24+,25+,26-,27-/m1/s1. The molecule has 180 valence electrons. The molecule has 4 fully saturated rings. The van der Waals surface area contributed by atoms with Crippen LogP contribution in [0.4, 0.5) is 0 Å². The molecule has 1 unspecified atom stereocenters. The van der Waals surface area contributed by atoms with Gasteiger partial charge in [-0.3, -0.25) is 0 Å². The molecule has 0 bridgehead atoms. The van der Waals surface area contributed by atoms with E-state index < -0.39 is 0 Å². The first-order valence-corrected chi connectivity index (χ1v) is 13.7. The van der Waals surface area contributed by atoms with Crippen LogP contribution in [0.2, 0.25) is 0 Å². The molecule has 0 amide bonds. The van der Waals surface area contributed by atoms with Crippen molar-refractivity contribution in [2.45, 2.75) is 110 Å². The number of nitrogens with zero attached hydrogens (tertiary/aromatic N) is 4. The SMILES string of the molecule is CCC[C@@]1(O)CC[C@@]2(C)[C@H](CC[C@@H]3[C@@H]2CC[C@]2(C)[C@@H](C(C)Cn4ncn[n+]4C)CC[C@@H]32)C1. The van der Waals surface area contributed by atoms with E-state index in [1.807, 2.05) is 16.6 Å². The summed E-state index contributed by atoms with van der Waals surface area (Å²) in [5.74, 6) is 4.86. The highest BCUT2D eigenvalue weighted by molar-refractivity contribution is 5.10. The monoisotopic (exact) mass is 443 g/mol. The lowest BCUT2D eigenvalue weighted by atomic mass is 9.43. The second-order valence-corrected chi connectivity index (χ2v) is 12.9. The Morgan fingerprint density at radius 1 is 1.06 bits per heavy atom. The van der Waals surface area contributed by atoms with Gasteiger partial charge in [0, 0.05) is 0 Å². The van der Waals surface area contributed by atoms with E-state index >= 15 is 0 Å². The Balaban J connectivity index is 1.32. The maximum Gasteiger partial charge on any atom is 0.296 e.